The van der Waals surface area contributed by atoms with Crippen molar-refractivity contribution in [2.45, 2.75) is 37.8 Å². The van der Waals surface area contributed by atoms with Gasteiger partial charge >= 0.3 is 0 Å². The van der Waals surface area contributed by atoms with Crippen LogP contribution in [0.4, 0.5) is 4.39 Å². The molecule has 4 rings (SSSR count). The number of ether oxygens (including phenoxy) is 1. The fourth-order valence-corrected chi connectivity index (χ4v) is 5.11. The molecule has 2 aromatic carbocycles. The first kappa shape index (κ1) is 22.8. The number of aliphatic hydroxyl groups is 3. The van der Waals surface area contributed by atoms with Gasteiger partial charge in [0.15, 0.2) is 0 Å². The molecule has 0 spiro atoms. The van der Waals surface area contributed by atoms with Crippen LogP contribution in [0.1, 0.15) is 27.7 Å². The molecule has 32 heavy (non-hydrogen) atoms. The number of hydrogen-bond donors (Lipinski definition) is 3. The zero-order valence-electron chi connectivity index (χ0n) is 17.5. The van der Waals surface area contributed by atoms with Crippen molar-refractivity contribution in [1.82, 2.24) is 0 Å². The SMILES string of the molecule is Cc1ccc([C@@H]2O[C@H](CO)[C@@H](O)[C@H](C=O)[C@H]2O)cc1Cc1ccc(-c2ccc(F)cc2)s1. The third kappa shape index (κ3) is 4.53. The minimum absolute atomic E-state index is 0.266. The average Bonchev–Trinajstić information content (AvgIpc) is 3.25. The number of carbonyl (C=O) groups is 1. The lowest BCUT2D eigenvalue weighted by molar-refractivity contribution is -0.206. The van der Waals surface area contributed by atoms with Crippen LogP contribution in [-0.4, -0.2) is 46.5 Å². The van der Waals surface area contributed by atoms with Gasteiger partial charge in [-0.25, -0.2) is 4.39 Å². The predicted molar refractivity (Wildman–Crippen MR) is 120 cm³/mol. The Labute approximate surface area is 189 Å². The Bertz CT molecular complexity index is 1080. The minimum Gasteiger partial charge on any atom is -0.394 e. The van der Waals surface area contributed by atoms with E-state index in [4.69, 9.17) is 4.74 Å². The van der Waals surface area contributed by atoms with Crippen LogP contribution in [0.15, 0.2) is 54.6 Å². The van der Waals surface area contributed by atoms with Crippen LogP contribution in [0.5, 0.6) is 0 Å². The number of rotatable bonds is 6. The summed E-state index contributed by atoms with van der Waals surface area (Å²) in [7, 11) is 0. The van der Waals surface area contributed by atoms with Crippen LogP contribution in [0, 0.1) is 18.7 Å². The third-order valence-corrected chi connectivity index (χ3v) is 7.13. The summed E-state index contributed by atoms with van der Waals surface area (Å²) >= 11 is 1.63. The maximum absolute atomic E-state index is 13.2. The molecule has 0 bridgehead atoms. The van der Waals surface area contributed by atoms with Crippen molar-refractivity contribution >= 4 is 17.6 Å². The molecular weight excluding hydrogens is 431 g/mol. The van der Waals surface area contributed by atoms with Crippen molar-refractivity contribution in [3.05, 3.63) is 82.0 Å². The number of aliphatic hydroxyl groups excluding tert-OH is 3. The maximum Gasteiger partial charge on any atom is 0.128 e. The van der Waals surface area contributed by atoms with Crippen molar-refractivity contribution in [2.75, 3.05) is 6.61 Å². The molecule has 0 radical (unpaired) electrons. The first-order valence-electron chi connectivity index (χ1n) is 10.4. The fourth-order valence-electron chi connectivity index (χ4n) is 4.08. The molecular formula is C25H25FO5S. The van der Waals surface area contributed by atoms with Crippen molar-refractivity contribution in [3.8, 4) is 10.4 Å². The van der Waals surface area contributed by atoms with Gasteiger partial charge < -0.3 is 24.9 Å². The van der Waals surface area contributed by atoms with E-state index >= 15 is 0 Å². The molecule has 0 aliphatic carbocycles. The Morgan fingerprint density at radius 3 is 2.50 bits per heavy atom. The van der Waals surface area contributed by atoms with E-state index < -0.39 is 36.9 Å². The standard InChI is InChI=1S/C25H25FO5S/c1-14-2-3-16(25-24(30)20(12-27)23(29)21(13-28)31-25)10-17(14)11-19-8-9-22(32-19)15-4-6-18(26)7-5-15/h2-10,12,20-21,23-25,28-30H,11,13H2,1H3/t20-,21+,23-,24+,25-/m0/s1. The minimum atomic E-state index is -1.26. The van der Waals surface area contributed by atoms with Crippen LogP contribution in [0.2, 0.25) is 0 Å². The van der Waals surface area contributed by atoms with E-state index in [-0.39, 0.29) is 5.82 Å². The van der Waals surface area contributed by atoms with Crippen molar-refractivity contribution in [3.63, 3.8) is 0 Å². The van der Waals surface area contributed by atoms with E-state index in [0.29, 0.717) is 18.3 Å². The van der Waals surface area contributed by atoms with Gasteiger partial charge in [0.2, 0.25) is 0 Å². The maximum atomic E-state index is 13.2. The smallest absolute Gasteiger partial charge is 0.128 e. The largest absolute Gasteiger partial charge is 0.394 e. The van der Waals surface area contributed by atoms with E-state index in [9.17, 15) is 24.5 Å². The van der Waals surface area contributed by atoms with Crippen molar-refractivity contribution < 1.29 is 29.2 Å². The zero-order chi connectivity index (χ0) is 22.8. The first-order chi connectivity index (χ1) is 15.4. The van der Waals surface area contributed by atoms with Gasteiger partial charge in [0.25, 0.3) is 0 Å². The summed E-state index contributed by atoms with van der Waals surface area (Å²) < 4.78 is 19.0. The molecule has 7 heteroatoms. The van der Waals surface area contributed by atoms with E-state index in [2.05, 4.69) is 0 Å². The fraction of sp³-hybridized carbons (Fsp3) is 0.320. The molecule has 5 nitrogen and oxygen atoms in total. The molecule has 1 fully saturated rings. The lowest BCUT2D eigenvalue weighted by Crippen LogP contribution is -2.52. The monoisotopic (exact) mass is 456 g/mol. The summed E-state index contributed by atoms with van der Waals surface area (Å²) in [6.45, 7) is 1.55. The molecule has 5 atom stereocenters. The number of carbonyl (C=O) groups excluding carboxylic acids is 1. The van der Waals surface area contributed by atoms with Crippen molar-refractivity contribution in [1.29, 1.82) is 0 Å². The van der Waals surface area contributed by atoms with Gasteiger partial charge in [-0.3, -0.25) is 0 Å². The van der Waals surface area contributed by atoms with Crippen LogP contribution < -0.4 is 0 Å². The van der Waals surface area contributed by atoms with Crippen LogP contribution in [-0.2, 0) is 16.0 Å². The Balaban J connectivity index is 1.58. The Morgan fingerprint density at radius 2 is 1.81 bits per heavy atom. The topological polar surface area (TPSA) is 87.0 Å². The number of hydrogen-bond acceptors (Lipinski definition) is 6. The highest BCUT2D eigenvalue weighted by Gasteiger charge is 2.44. The third-order valence-electron chi connectivity index (χ3n) is 6.00. The van der Waals surface area contributed by atoms with Gasteiger partial charge in [-0.2, -0.15) is 0 Å². The molecule has 0 unspecified atom stereocenters. The normalized spacial score (nSPS) is 25.6. The number of halogens is 1. The molecule has 1 saturated heterocycles. The van der Waals surface area contributed by atoms with E-state index in [1.807, 2.05) is 37.3 Å². The molecule has 1 aliphatic rings. The number of benzene rings is 2. The molecule has 0 saturated carbocycles. The Hall–Kier alpha value is -2.42. The van der Waals surface area contributed by atoms with Crippen LogP contribution in [0.3, 0.4) is 0 Å². The lowest BCUT2D eigenvalue weighted by Gasteiger charge is -2.40. The molecule has 1 aromatic heterocycles. The molecule has 2 heterocycles. The summed E-state index contributed by atoms with van der Waals surface area (Å²) in [5, 5.41) is 30.3. The summed E-state index contributed by atoms with van der Waals surface area (Å²) in [4.78, 5) is 13.6. The van der Waals surface area contributed by atoms with Gasteiger partial charge in [-0.15, -0.1) is 11.3 Å². The average molecular weight is 457 g/mol. The zero-order valence-corrected chi connectivity index (χ0v) is 18.3. The highest BCUT2D eigenvalue weighted by molar-refractivity contribution is 7.15. The van der Waals surface area contributed by atoms with Crippen molar-refractivity contribution in [2.24, 2.45) is 5.92 Å². The number of thiophene rings is 1. The van der Waals surface area contributed by atoms with E-state index in [0.717, 1.165) is 26.4 Å². The van der Waals surface area contributed by atoms with E-state index in [1.165, 1.54) is 12.1 Å². The van der Waals surface area contributed by atoms with Gasteiger partial charge in [0, 0.05) is 16.2 Å². The number of aryl methyl sites for hydroxylation is 1. The highest BCUT2D eigenvalue weighted by atomic mass is 32.1. The lowest BCUT2D eigenvalue weighted by atomic mass is 9.84. The molecule has 1 aliphatic heterocycles. The van der Waals surface area contributed by atoms with Gasteiger partial charge in [-0.1, -0.05) is 30.3 Å². The Morgan fingerprint density at radius 1 is 1.06 bits per heavy atom. The molecule has 3 aromatic rings. The van der Waals surface area contributed by atoms with Gasteiger partial charge in [0.05, 0.1) is 24.7 Å². The second-order valence-electron chi connectivity index (χ2n) is 8.11. The Kier molecular flexibility index (Phi) is 6.83. The van der Waals surface area contributed by atoms with Gasteiger partial charge in [-0.05, 0) is 53.4 Å². The highest BCUT2D eigenvalue weighted by Crippen LogP contribution is 2.36. The quantitative estimate of drug-likeness (QED) is 0.495. The first-order valence-corrected chi connectivity index (χ1v) is 11.2. The summed E-state index contributed by atoms with van der Waals surface area (Å²) in [5.41, 5.74) is 3.76. The summed E-state index contributed by atoms with van der Waals surface area (Å²) in [6.07, 6.45) is -3.07. The van der Waals surface area contributed by atoms with E-state index in [1.54, 1.807) is 23.5 Å². The summed E-state index contributed by atoms with van der Waals surface area (Å²) in [6, 6.07) is 16.2. The van der Waals surface area contributed by atoms with Crippen LogP contribution in [0.25, 0.3) is 10.4 Å². The second-order valence-corrected chi connectivity index (χ2v) is 9.28. The molecule has 3 N–H and O–H groups in total. The van der Waals surface area contributed by atoms with Crippen LogP contribution >= 0.6 is 11.3 Å². The summed E-state index contributed by atoms with van der Waals surface area (Å²) in [5.74, 6) is -1.30. The number of aldehydes is 1. The second kappa shape index (κ2) is 9.60. The molecule has 0 amide bonds. The predicted octanol–water partition coefficient (Wildman–Crippen LogP) is 3.42. The molecule has 168 valence electrons. The van der Waals surface area contributed by atoms with Gasteiger partial charge in [0.1, 0.15) is 24.3 Å².